The van der Waals surface area contributed by atoms with Crippen molar-refractivity contribution in [1.29, 1.82) is 0 Å². The van der Waals surface area contributed by atoms with Gasteiger partial charge in [-0.25, -0.2) is 0 Å². The van der Waals surface area contributed by atoms with Crippen molar-refractivity contribution in [2.75, 3.05) is 17.2 Å². The maximum atomic E-state index is 10.8. The monoisotopic (exact) mass is 283 g/mol. The minimum absolute atomic E-state index is 0.0340. The molecule has 0 aliphatic carbocycles. The number of hydrogen-bond acceptors (Lipinski definition) is 4. The third kappa shape index (κ3) is 2.54. The van der Waals surface area contributed by atoms with E-state index in [9.17, 15) is 10.1 Å². The molecule has 2 N–H and O–H groups in total. The van der Waals surface area contributed by atoms with Gasteiger partial charge in [-0.2, -0.15) is 0 Å². The van der Waals surface area contributed by atoms with Crippen LogP contribution < -0.4 is 10.6 Å². The number of nitrogen functional groups attached to an aromatic ring is 1. The van der Waals surface area contributed by atoms with Gasteiger partial charge in [0, 0.05) is 18.7 Å². The van der Waals surface area contributed by atoms with Crippen LogP contribution in [0.15, 0.2) is 48.5 Å². The summed E-state index contributed by atoms with van der Waals surface area (Å²) in [5.74, 6) is 0. The Hall–Kier alpha value is -2.56. The van der Waals surface area contributed by atoms with E-state index in [1.54, 1.807) is 6.07 Å². The van der Waals surface area contributed by atoms with Crippen molar-refractivity contribution in [1.82, 2.24) is 0 Å². The molecule has 1 aliphatic rings. The van der Waals surface area contributed by atoms with E-state index in [-0.39, 0.29) is 11.7 Å². The fraction of sp³-hybridized carbons (Fsp3) is 0.250. The molecule has 0 amide bonds. The van der Waals surface area contributed by atoms with Crippen LogP contribution in [0.4, 0.5) is 17.1 Å². The third-order valence-electron chi connectivity index (χ3n) is 3.97. The van der Waals surface area contributed by atoms with Gasteiger partial charge in [0.05, 0.1) is 22.3 Å². The number of hydrogen-bond donors (Lipinski definition) is 1. The van der Waals surface area contributed by atoms with Crippen LogP contribution in [0.25, 0.3) is 0 Å². The number of nitro benzene ring substituents is 1. The molecule has 2 aromatic carbocycles. The average Bonchev–Trinajstić information content (AvgIpc) is 2.97. The lowest BCUT2D eigenvalue weighted by atomic mass is 10.0. The molecular formula is C16H17N3O2. The summed E-state index contributed by atoms with van der Waals surface area (Å²) >= 11 is 0. The van der Waals surface area contributed by atoms with Gasteiger partial charge in [-0.05, 0) is 24.5 Å². The molecule has 1 atom stereocenters. The fourth-order valence-corrected chi connectivity index (χ4v) is 2.99. The third-order valence-corrected chi connectivity index (χ3v) is 3.97. The fourth-order valence-electron chi connectivity index (χ4n) is 2.99. The molecule has 0 spiro atoms. The van der Waals surface area contributed by atoms with Crippen molar-refractivity contribution in [3.05, 3.63) is 64.2 Å². The SMILES string of the molecule is Nc1cc([N+](=O)[O-])ccc1N1CCCC1c1ccccc1. The number of anilines is 2. The molecule has 0 radical (unpaired) electrons. The highest BCUT2D eigenvalue weighted by atomic mass is 16.6. The Labute approximate surface area is 123 Å². The number of benzene rings is 2. The standard InChI is InChI=1S/C16H17N3O2/c17-14-11-13(19(20)21)8-9-16(14)18-10-4-7-15(18)12-5-2-1-3-6-12/h1-3,5-6,8-9,11,15H,4,7,10,17H2. The number of nitro groups is 1. The van der Waals surface area contributed by atoms with Gasteiger partial charge >= 0.3 is 0 Å². The molecule has 3 rings (SSSR count). The summed E-state index contributed by atoms with van der Waals surface area (Å²) in [4.78, 5) is 12.6. The molecule has 1 fully saturated rings. The molecule has 1 aliphatic heterocycles. The number of rotatable bonds is 3. The van der Waals surface area contributed by atoms with Gasteiger partial charge in [-0.3, -0.25) is 10.1 Å². The predicted molar refractivity (Wildman–Crippen MR) is 83.3 cm³/mol. The van der Waals surface area contributed by atoms with Gasteiger partial charge in [-0.15, -0.1) is 0 Å². The Balaban J connectivity index is 1.94. The lowest BCUT2D eigenvalue weighted by molar-refractivity contribution is -0.384. The first-order valence-corrected chi connectivity index (χ1v) is 7.02. The lowest BCUT2D eigenvalue weighted by Crippen LogP contribution is -2.23. The van der Waals surface area contributed by atoms with Crippen molar-refractivity contribution in [2.24, 2.45) is 0 Å². The smallest absolute Gasteiger partial charge is 0.271 e. The summed E-state index contributed by atoms with van der Waals surface area (Å²) in [5, 5.41) is 10.8. The van der Waals surface area contributed by atoms with Crippen LogP contribution in [0, 0.1) is 10.1 Å². The van der Waals surface area contributed by atoms with E-state index in [4.69, 9.17) is 5.73 Å². The van der Waals surface area contributed by atoms with E-state index in [1.807, 2.05) is 18.2 Å². The highest BCUT2D eigenvalue weighted by Gasteiger charge is 2.27. The molecule has 2 aromatic rings. The minimum Gasteiger partial charge on any atom is -0.397 e. The van der Waals surface area contributed by atoms with Gasteiger partial charge in [0.25, 0.3) is 5.69 Å². The van der Waals surface area contributed by atoms with Crippen molar-refractivity contribution in [3.63, 3.8) is 0 Å². The Kier molecular flexibility index (Phi) is 3.48. The summed E-state index contributed by atoms with van der Waals surface area (Å²) in [6.07, 6.45) is 2.16. The number of nitrogens with two attached hydrogens (primary N) is 1. The van der Waals surface area contributed by atoms with Crippen LogP contribution in [0.1, 0.15) is 24.4 Å². The Morgan fingerprint density at radius 1 is 1.19 bits per heavy atom. The van der Waals surface area contributed by atoms with Gasteiger partial charge in [-0.1, -0.05) is 30.3 Å². The number of non-ortho nitro benzene ring substituents is 1. The normalized spacial score (nSPS) is 17.9. The maximum absolute atomic E-state index is 10.8. The topological polar surface area (TPSA) is 72.4 Å². The van der Waals surface area contributed by atoms with Crippen molar-refractivity contribution in [3.8, 4) is 0 Å². The first kappa shape index (κ1) is 13.4. The summed E-state index contributed by atoms with van der Waals surface area (Å²) in [7, 11) is 0. The largest absolute Gasteiger partial charge is 0.397 e. The van der Waals surface area contributed by atoms with E-state index in [1.165, 1.54) is 17.7 Å². The van der Waals surface area contributed by atoms with E-state index in [0.717, 1.165) is 25.1 Å². The van der Waals surface area contributed by atoms with Gasteiger partial charge in [0.1, 0.15) is 0 Å². The highest BCUT2D eigenvalue weighted by molar-refractivity contribution is 5.71. The second-order valence-electron chi connectivity index (χ2n) is 5.26. The van der Waals surface area contributed by atoms with Gasteiger partial charge in [0.2, 0.25) is 0 Å². The van der Waals surface area contributed by atoms with E-state index in [2.05, 4.69) is 17.0 Å². The minimum atomic E-state index is -0.418. The van der Waals surface area contributed by atoms with Crippen molar-refractivity contribution in [2.45, 2.75) is 18.9 Å². The van der Waals surface area contributed by atoms with Crippen LogP contribution >= 0.6 is 0 Å². The van der Waals surface area contributed by atoms with Crippen LogP contribution in [0.3, 0.4) is 0 Å². The Morgan fingerprint density at radius 3 is 2.62 bits per heavy atom. The molecule has 0 saturated carbocycles. The van der Waals surface area contributed by atoms with Crippen LogP contribution in [-0.4, -0.2) is 11.5 Å². The zero-order valence-corrected chi connectivity index (χ0v) is 11.6. The molecule has 21 heavy (non-hydrogen) atoms. The molecule has 5 heteroatoms. The predicted octanol–water partition coefficient (Wildman–Crippen LogP) is 3.52. The molecule has 108 valence electrons. The molecule has 0 bridgehead atoms. The summed E-state index contributed by atoms with van der Waals surface area (Å²) in [5.41, 5.74) is 8.67. The van der Waals surface area contributed by atoms with Gasteiger partial charge in [0.15, 0.2) is 0 Å². The summed E-state index contributed by atoms with van der Waals surface area (Å²) in [6, 6.07) is 15.3. The molecule has 5 nitrogen and oxygen atoms in total. The quantitative estimate of drug-likeness (QED) is 0.531. The van der Waals surface area contributed by atoms with E-state index < -0.39 is 4.92 Å². The van der Waals surface area contributed by atoms with Crippen LogP contribution in [0.5, 0.6) is 0 Å². The van der Waals surface area contributed by atoms with E-state index in [0.29, 0.717) is 5.69 Å². The van der Waals surface area contributed by atoms with Crippen molar-refractivity contribution >= 4 is 17.1 Å². The first-order chi connectivity index (χ1) is 10.2. The lowest BCUT2D eigenvalue weighted by Gasteiger charge is -2.28. The zero-order valence-electron chi connectivity index (χ0n) is 11.6. The highest BCUT2D eigenvalue weighted by Crippen LogP contribution is 2.39. The Morgan fingerprint density at radius 2 is 1.95 bits per heavy atom. The average molecular weight is 283 g/mol. The summed E-state index contributed by atoms with van der Waals surface area (Å²) in [6.45, 7) is 0.918. The maximum Gasteiger partial charge on any atom is 0.271 e. The van der Waals surface area contributed by atoms with Crippen LogP contribution in [0.2, 0.25) is 0 Å². The molecule has 1 saturated heterocycles. The first-order valence-electron chi connectivity index (χ1n) is 7.02. The summed E-state index contributed by atoms with van der Waals surface area (Å²) < 4.78 is 0. The Bertz CT molecular complexity index is 658. The molecule has 1 unspecified atom stereocenters. The van der Waals surface area contributed by atoms with Crippen LogP contribution in [-0.2, 0) is 0 Å². The van der Waals surface area contributed by atoms with Crippen molar-refractivity contribution < 1.29 is 4.92 Å². The zero-order chi connectivity index (χ0) is 14.8. The molecule has 0 aromatic heterocycles. The second-order valence-corrected chi connectivity index (χ2v) is 5.26. The van der Waals surface area contributed by atoms with Gasteiger partial charge < -0.3 is 10.6 Å². The number of nitrogens with zero attached hydrogens (tertiary/aromatic N) is 2. The molecule has 1 heterocycles. The molecular weight excluding hydrogens is 266 g/mol. The van der Waals surface area contributed by atoms with E-state index >= 15 is 0 Å². The second kappa shape index (κ2) is 5.44.